The summed E-state index contributed by atoms with van der Waals surface area (Å²) in [7, 11) is 0. The van der Waals surface area contributed by atoms with E-state index in [-0.39, 0.29) is 0 Å². The molecule has 0 aromatic carbocycles. The Hall–Kier alpha value is 0.140. The zero-order chi connectivity index (χ0) is 13.0. The number of hydrogen-bond acceptors (Lipinski definition) is 2. The lowest BCUT2D eigenvalue weighted by Gasteiger charge is -2.33. The first-order chi connectivity index (χ1) is 8.69. The molecule has 1 fully saturated rings. The highest BCUT2D eigenvalue weighted by Crippen LogP contribution is 2.33. The van der Waals surface area contributed by atoms with Gasteiger partial charge < -0.3 is 5.32 Å². The van der Waals surface area contributed by atoms with Crippen molar-refractivity contribution < 1.29 is 0 Å². The summed E-state index contributed by atoms with van der Waals surface area (Å²) in [6, 6.07) is 5.11. The zero-order valence-corrected chi connectivity index (χ0v) is 13.8. The Balaban J connectivity index is 1.98. The second kappa shape index (κ2) is 7.06. The Morgan fingerprint density at radius 3 is 2.89 bits per heavy atom. The number of likely N-dealkylation sites (N-methyl/N-ethyl adjacent to an activating group) is 1. The molecule has 0 aliphatic heterocycles. The van der Waals surface area contributed by atoms with Crippen molar-refractivity contribution in [3.63, 3.8) is 0 Å². The van der Waals surface area contributed by atoms with E-state index in [4.69, 9.17) is 0 Å². The van der Waals surface area contributed by atoms with Crippen molar-refractivity contribution >= 4 is 27.3 Å². The van der Waals surface area contributed by atoms with E-state index in [2.05, 4.69) is 47.2 Å². The van der Waals surface area contributed by atoms with Gasteiger partial charge in [0.25, 0.3) is 0 Å². The molecule has 3 unspecified atom stereocenters. The Labute approximate surface area is 123 Å². The highest BCUT2D eigenvalue weighted by Gasteiger charge is 2.26. The summed E-state index contributed by atoms with van der Waals surface area (Å²) in [5.74, 6) is 1.79. The van der Waals surface area contributed by atoms with E-state index in [0.29, 0.717) is 6.04 Å². The standard InChI is InChI=1S/C15H24BrNS/c1-3-17-14(10-13-7-8-15(16)18-13)12-6-4-5-11(2)9-12/h7-8,11-12,14,17H,3-6,9-10H2,1-2H3. The largest absolute Gasteiger partial charge is 0.314 e. The molecular formula is C15H24BrNS. The lowest BCUT2D eigenvalue weighted by atomic mass is 9.77. The minimum atomic E-state index is 0.670. The van der Waals surface area contributed by atoms with Crippen LogP contribution in [0.3, 0.4) is 0 Å². The van der Waals surface area contributed by atoms with Crippen LogP contribution >= 0.6 is 27.3 Å². The molecule has 0 radical (unpaired) electrons. The molecule has 3 atom stereocenters. The van der Waals surface area contributed by atoms with Gasteiger partial charge >= 0.3 is 0 Å². The summed E-state index contributed by atoms with van der Waals surface area (Å²) in [5.41, 5.74) is 0. The van der Waals surface area contributed by atoms with Crippen LogP contribution < -0.4 is 5.32 Å². The molecule has 1 heterocycles. The molecule has 18 heavy (non-hydrogen) atoms. The van der Waals surface area contributed by atoms with E-state index in [9.17, 15) is 0 Å². The summed E-state index contributed by atoms with van der Waals surface area (Å²) in [6.45, 7) is 5.72. The predicted molar refractivity (Wildman–Crippen MR) is 84.3 cm³/mol. The van der Waals surface area contributed by atoms with E-state index >= 15 is 0 Å². The van der Waals surface area contributed by atoms with Gasteiger partial charge in [-0.1, -0.05) is 26.7 Å². The maximum Gasteiger partial charge on any atom is 0.0701 e. The van der Waals surface area contributed by atoms with Crippen LogP contribution in [0, 0.1) is 11.8 Å². The van der Waals surface area contributed by atoms with Gasteiger partial charge in [-0.15, -0.1) is 11.3 Å². The minimum absolute atomic E-state index is 0.670. The van der Waals surface area contributed by atoms with Crippen LogP contribution in [0.2, 0.25) is 0 Å². The van der Waals surface area contributed by atoms with Gasteiger partial charge in [-0.2, -0.15) is 0 Å². The second-order valence-electron chi connectivity index (χ2n) is 5.61. The van der Waals surface area contributed by atoms with Crippen molar-refractivity contribution in [1.29, 1.82) is 0 Å². The quantitative estimate of drug-likeness (QED) is 0.813. The fourth-order valence-corrected chi connectivity index (χ4v) is 4.73. The SMILES string of the molecule is CCNC(Cc1ccc(Br)s1)C1CCCC(C)C1. The molecule has 2 rings (SSSR count). The first-order valence-electron chi connectivity index (χ1n) is 7.16. The van der Waals surface area contributed by atoms with Crippen LogP contribution in [0.5, 0.6) is 0 Å². The summed E-state index contributed by atoms with van der Waals surface area (Å²) in [5, 5.41) is 3.72. The highest BCUT2D eigenvalue weighted by molar-refractivity contribution is 9.11. The molecule has 1 aliphatic carbocycles. The van der Waals surface area contributed by atoms with Crippen LogP contribution in [0.1, 0.15) is 44.4 Å². The summed E-state index contributed by atoms with van der Waals surface area (Å²) < 4.78 is 1.25. The predicted octanol–water partition coefficient (Wildman–Crippen LogP) is 4.86. The molecule has 0 saturated heterocycles. The molecule has 1 nitrogen and oxygen atoms in total. The van der Waals surface area contributed by atoms with Gasteiger partial charge in [-0.25, -0.2) is 0 Å². The third-order valence-corrected chi connectivity index (χ3v) is 5.71. The number of nitrogens with one attached hydrogen (secondary N) is 1. The van der Waals surface area contributed by atoms with E-state index in [1.807, 2.05) is 11.3 Å². The summed E-state index contributed by atoms with van der Waals surface area (Å²) in [4.78, 5) is 1.51. The summed E-state index contributed by atoms with van der Waals surface area (Å²) in [6.07, 6.45) is 6.86. The molecule has 1 aromatic rings. The van der Waals surface area contributed by atoms with Gasteiger partial charge in [0, 0.05) is 10.9 Å². The molecule has 1 N–H and O–H groups in total. The fourth-order valence-electron chi connectivity index (χ4n) is 3.19. The molecule has 1 aliphatic rings. The Kier molecular flexibility index (Phi) is 5.71. The van der Waals surface area contributed by atoms with Crippen LogP contribution in [0.25, 0.3) is 0 Å². The molecule has 1 saturated carbocycles. The third kappa shape index (κ3) is 4.07. The van der Waals surface area contributed by atoms with Gasteiger partial charge in [0.15, 0.2) is 0 Å². The maximum atomic E-state index is 3.72. The van der Waals surface area contributed by atoms with Crippen LogP contribution in [-0.4, -0.2) is 12.6 Å². The van der Waals surface area contributed by atoms with Gasteiger partial charge in [0.05, 0.1) is 3.79 Å². The normalized spacial score (nSPS) is 26.2. The lowest BCUT2D eigenvalue weighted by molar-refractivity contribution is 0.223. The molecule has 102 valence electrons. The minimum Gasteiger partial charge on any atom is -0.314 e. The summed E-state index contributed by atoms with van der Waals surface area (Å²) >= 11 is 5.45. The molecule has 0 amide bonds. The van der Waals surface area contributed by atoms with E-state index in [0.717, 1.165) is 18.4 Å². The van der Waals surface area contributed by atoms with Crippen molar-refractivity contribution in [3.05, 3.63) is 20.8 Å². The second-order valence-corrected chi connectivity index (χ2v) is 8.15. The average Bonchev–Trinajstić information content (AvgIpc) is 2.74. The first kappa shape index (κ1) is 14.5. The molecule has 3 heteroatoms. The Morgan fingerprint density at radius 2 is 2.28 bits per heavy atom. The number of hydrogen-bond donors (Lipinski definition) is 1. The highest BCUT2D eigenvalue weighted by atomic mass is 79.9. The lowest BCUT2D eigenvalue weighted by Crippen LogP contribution is -2.39. The molecule has 0 spiro atoms. The monoisotopic (exact) mass is 329 g/mol. The molecule has 0 bridgehead atoms. The van der Waals surface area contributed by atoms with E-state index < -0.39 is 0 Å². The van der Waals surface area contributed by atoms with Crippen molar-refractivity contribution in [2.45, 2.75) is 52.0 Å². The van der Waals surface area contributed by atoms with Gasteiger partial charge in [0.2, 0.25) is 0 Å². The first-order valence-corrected chi connectivity index (χ1v) is 8.77. The van der Waals surface area contributed by atoms with Gasteiger partial charge in [-0.3, -0.25) is 0 Å². The fraction of sp³-hybridized carbons (Fsp3) is 0.733. The Morgan fingerprint density at radius 1 is 1.44 bits per heavy atom. The zero-order valence-electron chi connectivity index (χ0n) is 11.4. The Bertz CT molecular complexity index is 363. The maximum absolute atomic E-state index is 3.72. The number of rotatable bonds is 5. The van der Waals surface area contributed by atoms with Crippen LogP contribution in [0.4, 0.5) is 0 Å². The van der Waals surface area contributed by atoms with E-state index in [1.165, 1.54) is 40.8 Å². The van der Waals surface area contributed by atoms with Crippen LogP contribution in [-0.2, 0) is 6.42 Å². The van der Waals surface area contributed by atoms with Crippen molar-refractivity contribution in [3.8, 4) is 0 Å². The van der Waals surface area contributed by atoms with Crippen molar-refractivity contribution in [2.75, 3.05) is 6.54 Å². The smallest absolute Gasteiger partial charge is 0.0701 e. The average molecular weight is 330 g/mol. The van der Waals surface area contributed by atoms with Gasteiger partial charge in [-0.05, 0) is 65.7 Å². The topological polar surface area (TPSA) is 12.0 Å². The third-order valence-electron chi connectivity index (χ3n) is 4.06. The van der Waals surface area contributed by atoms with Crippen LogP contribution in [0.15, 0.2) is 15.9 Å². The molecule has 1 aromatic heterocycles. The van der Waals surface area contributed by atoms with E-state index in [1.54, 1.807) is 0 Å². The molecular weight excluding hydrogens is 306 g/mol. The van der Waals surface area contributed by atoms with Gasteiger partial charge in [0.1, 0.15) is 0 Å². The number of halogens is 1. The van der Waals surface area contributed by atoms with Crippen molar-refractivity contribution in [2.24, 2.45) is 11.8 Å². The van der Waals surface area contributed by atoms with Crippen molar-refractivity contribution in [1.82, 2.24) is 5.32 Å². The number of thiophene rings is 1.